The highest BCUT2D eigenvalue weighted by Gasteiger charge is 2.52. The molecule has 0 radical (unpaired) electrons. The van der Waals surface area contributed by atoms with Gasteiger partial charge in [-0.1, -0.05) is 106 Å². The van der Waals surface area contributed by atoms with Crippen molar-refractivity contribution in [1.82, 2.24) is 0 Å². The van der Waals surface area contributed by atoms with Gasteiger partial charge in [-0.25, -0.2) is 0 Å². The Bertz CT molecular complexity index is 702. The highest BCUT2D eigenvalue weighted by atomic mass is 33.1. The molecule has 3 aliphatic carbocycles. The van der Waals surface area contributed by atoms with E-state index in [2.05, 4.69) is 56.5 Å². The van der Waals surface area contributed by atoms with Gasteiger partial charge in [-0.2, -0.15) is 0 Å². The molecule has 7 atom stereocenters. The van der Waals surface area contributed by atoms with E-state index in [0.717, 1.165) is 47.8 Å². The maximum Gasteiger partial charge on any atom is 0.185 e. The molecule has 4 N–H and O–H groups in total. The van der Waals surface area contributed by atoms with Crippen molar-refractivity contribution in [2.24, 2.45) is 57.4 Å². The molecule has 7 unspecified atom stereocenters. The van der Waals surface area contributed by atoms with E-state index in [9.17, 15) is 0 Å². The van der Waals surface area contributed by atoms with Crippen molar-refractivity contribution in [3.05, 3.63) is 11.6 Å². The smallest absolute Gasteiger partial charge is 0.185 e. The van der Waals surface area contributed by atoms with Gasteiger partial charge in [0, 0.05) is 11.0 Å². The summed E-state index contributed by atoms with van der Waals surface area (Å²) in [5.41, 5.74) is 13.2. The average Bonchev–Trinajstić information content (AvgIpc) is 3.15. The van der Waals surface area contributed by atoms with E-state index >= 15 is 0 Å². The second-order valence-corrected chi connectivity index (χ2v) is 15.3. The van der Waals surface area contributed by atoms with Crippen LogP contribution in [-0.4, -0.2) is 23.5 Å². The SMILES string of the molecule is CCC(CCC1CCCC2C1CC=C1C(SSCCN=C(N)N)CCC12C)C(C)CCCC(C)C. The summed E-state index contributed by atoms with van der Waals surface area (Å²) in [5, 5.41) is 0.696. The topological polar surface area (TPSA) is 64.4 Å². The lowest BCUT2D eigenvalue weighted by molar-refractivity contribution is 0.0463. The van der Waals surface area contributed by atoms with Crippen LogP contribution in [0.2, 0.25) is 0 Å². The van der Waals surface area contributed by atoms with Gasteiger partial charge >= 0.3 is 0 Å². The monoisotopic (exact) mass is 521 g/mol. The van der Waals surface area contributed by atoms with Crippen molar-refractivity contribution >= 4 is 27.5 Å². The summed E-state index contributed by atoms with van der Waals surface area (Å²) in [6.45, 7) is 13.1. The molecule has 0 spiro atoms. The third-order valence-corrected chi connectivity index (χ3v) is 12.7. The highest BCUT2D eigenvalue weighted by Crippen LogP contribution is 2.62. The first-order valence-corrected chi connectivity index (χ1v) is 17.2. The van der Waals surface area contributed by atoms with Crippen LogP contribution in [0.25, 0.3) is 0 Å². The minimum absolute atomic E-state index is 0.211. The Labute approximate surface area is 225 Å². The number of fused-ring (bicyclic) bond motifs is 3. The normalized spacial score (nSPS) is 32.0. The molecule has 35 heavy (non-hydrogen) atoms. The second-order valence-electron chi connectivity index (χ2n) is 12.6. The quantitative estimate of drug-likeness (QED) is 0.0791. The molecule has 0 aliphatic heterocycles. The predicted molar refractivity (Wildman–Crippen MR) is 160 cm³/mol. The van der Waals surface area contributed by atoms with Crippen molar-refractivity contribution in [2.45, 2.75) is 117 Å². The van der Waals surface area contributed by atoms with E-state index in [1.165, 1.54) is 77.0 Å². The summed E-state index contributed by atoms with van der Waals surface area (Å²) < 4.78 is 0. The Morgan fingerprint density at radius 3 is 2.66 bits per heavy atom. The average molecular weight is 522 g/mol. The third-order valence-electron chi connectivity index (χ3n) is 9.90. The Balaban J connectivity index is 1.54. The summed E-state index contributed by atoms with van der Waals surface area (Å²) in [7, 11) is 4.04. The first-order valence-electron chi connectivity index (χ1n) is 14.8. The predicted octanol–water partition coefficient (Wildman–Crippen LogP) is 8.44. The van der Waals surface area contributed by atoms with E-state index in [4.69, 9.17) is 11.5 Å². The molecule has 3 nitrogen and oxygen atoms in total. The van der Waals surface area contributed by atoms with Crippen LogP contribution >= 0.6 is 21.6 Å². The first kappa shape index (κ1) is 29.3. The van der Waals surface area contributed by atoms with Gasteiger partial charge in [0.2, 0.25) is 0 Å². The highest BCUT2D eigenvalue weighted by molar-refractivity contribution is 8.77. The number of guanidine groups is 1. The molecule has 5 heteroatoms. The van der Waals surface area contributed by atoms with Gasteiger partial charge in [0.1, 0.15) is 0 Å². The van der Waals surface area contributed by atoms with E-state index in [-0.39, 0.29) is 5.96 Å². The van der Waals surface area contributed by atoms with Gasteiger partial charge in [0.05, 0.1) is 6.54 Å². The molecule has 2 fully saturated rings. The molecule has 0 aromatic carbocycles. The van der Waals surface area contributed by atoms with Gasteiger partial charge in [0.25, 0.3) is 0 Å². The standard InChI is InChI=1S/C30H55N3S2/c1-6-23(22(4)10-7-9-21(2)3)13-14-24-11-8-12-26-25(24)15-16-27-28(17-18-30(26,27)5)35-34-20-19-33-29(31)32/h16,21-26,28H,6-15,17-20H2,1-5H3,(H4,31,32,33). The Hall–Kier alpha value is -0.290. The summed E-state index contributed by atoms with van der Waals surface area (Å²) in [6.07, 6.45) is 19.8. The fourth-order valence-electron chi connectivity index (χ4n) is 7.83. The zero-order valence-corrected chi connectivity index (χ0v) is 25.1. The molecule has 2 saturated carbocycles. The summed E-state index contributed by atoms with van der Waals surface area (Å²) in [6, 6.07) is 0. The number of hydrogen-bond acceptors (Lipinski definition) is 3. The number of aliphatic imine (C=N–C) groups is 1. The van der Waals surface area contributed by atoms with Crippen LogP contribution in [0.4, 0.5) is 0 Å². The van der Waals surface area contributed by atoms with Gasteiger partial charge in [0.15, 0.2) is 5.96 Å². The molecule has 0 bridgehead atoms. The largest absolute Gasteiger partial charge is 0.370 e. The third kappa shape index (κ3) is 7.85. The van der Waals surface area contributed by atoms with Crippen LogP contribution < -0.4 is 11.5 Å². The van der Waals surface area contributed by atoms with E-state index in [1.54, 1.807) is 5.57 Å². The van der Waals surface area contributed by atoms with Crippen LogP contribution in [0.5, 0.6) is 0 Å². The minimum atomic E-state index is 0.211. The summed E-state index contributed by atoms with van der Waals surface area (Å²) in [5.74, 6) is 6.69. The molecule has 0 saturated heterocycles. The minimum Gasteiger partial charge on any atom is -0.370 e. The van der Waals surface area contributed by atoms with Crippen molar-refractivity contribution in [1.29, 1.82) is 0 Å². The van der Waals surface area contributed by atoms with E-state index in [1.807, 2.05) is 10.8 Å². The Morgan fingerprint density at radius 2 is 1.94 bits per heavy atom. The van der Waals surface area contributed by atoms with E-state index < -0.39 is 0 Å². The second kappa shape index (κ2) is 14.0. The van der Waals surface area contributed by atoms with Crippen molar-refractivity contribution in [3.63, 3.8) is 0 Å². The first-order chi connectivity index (χ1) is 16.8. The lowest BCUT2D eigenvalue weighted by Crippen LogP contribution is -2.42. The van der Waals surface area contributed by atoms with Gasteiger partial charge < -0.3 is 11.5 Å². The fraction of sp³-hybridized carbons (Fsp3) is 0.900. The summed E-state index contributed by atoms with van der Waals surface area (Å²) >= 11 is 0. The maximum absolute atomic E-state index is 5.47. The lowest BCUT2D eigenvalue weighted by atomic mass is 9.55. The fourth-order valence-corrected chi connectivity index (χ4v) is 10.5. The molecule has 0 amide bonds. The zero-order valence-electron chi connectivity index (χ0n) is 23.4. The molecule has 0 aromatic rings. The number of allylic oxidation sites excluding steroid dienone is 1. The van der Waals surface area contributed by atoms with Gasteiger partial charge in [-0.15, -0.1) is 0 Å². The molecular formula is C30H55N3S2. The zero-order chi connectivity index (χ0) is 25.4. The van der Waals surface area contributed by atoms with Crippen LogP contribution in [-0.2, 0) is 0 Å². The maximum atomic E-state index is 5.47. The summed E-state index contributed by atoms with van der Waals surface area (Å²) in [4.78, 5) is 4.14. The van der Waals surface area contributed by atoms with Crippen LogP contribution in [0.15, 0.2) is 16.6 Å². The van der Waals surface area contributed by atoms with Crippen molar-refractivity contribution in [2.75, 3.05) is 12.3 Å². The van der Waals surface area contributed by atoms with Crippen LogP contribution in [0.3, 0.4) is 0 Å². The number of hydrogen-bond donors (Lipinski definition) is 2. The lowest BCUT2D eigenvalue weighted by Gasteiger charge is -2.50. The molecule has 3 rings (SSSR count). The molecule has 0 heterocycles. The number of nitrogens with two attached hydrogens (primary N) is 2. The van der Waals surface area contributed by atoms with Gasteiger partial charge in [-0.3, -0.25) is 4.99 Å². The Morgan fingerprint density at radius 1 is 1.14 bits per heavy atom. The molecule has 202 valence electrons. The molecular weight excluding hydrogens is 466 g/mol. The van der Waals surface area contributed by atoms with Gasteiger partial charge in [-0.05, 0) is 79.4 Å². The van der Waals surface area contributed by atoms with Crippen LogP contribution in [0.1, 0.15) is 112 Å². The molecule has 3 aliphatic rings. The van der Waals surface area contributed by atoms with Crippen molar-refractivity contribution in [3.8, 4) is 0 Å². The van der Waals surface area contributed by atoms with E-state index in [0.29, 0.717) is 10.7 Å². The van der Waals surface area contributed by atoms with Crippen LogP contribution in [0, 0.1) is 40.9 Å². The number of nitrogens with zero attached hydrogens (tertiary/aromatic N) is 1. The molecule has 0 aromatic heterocycles. The number of rotatable bonds is 14. The Kier molecular flexibility index (Phi) is 11.7. The van der Waals surface area contributed by atoms with Crippen molar-refractivity contribution < 1.29 is 0 Å².